The standard InChI is InChI=1S/C17H28/c1-3-5-7-9-11-13-15-17-16-14-12-10-8-6-4-2/h7,9,11,13-17H,3-6,8,10,12H2,1-2H3/b9-7+,13-11+,16-14+,17-15+. The first-order valence-corrected chi connectivity index (χ1v) is 7.06. The first kappa shape index (κ1) is 16.0. The van der Waals surface area contributed by atoms with Crippen molar-refractivity contribution in [2.45, 2.75) is 58.8 Å². The first-order chi connectivity index (χ1) is 8.41. The zero-order valence-electron chi connectivity index (χ0n) is 11.6. The van der Waals surface area contributed by atoms with Crippen molar-refractivity contribution in [1.29, 1.82) is 0 Å². The molecule has 0 aliphatic heterocycles. The summed E-state index contributed by atoms with van der Waals surface area (Å²) in [4.78, 5) is 0. The van der Waals surface area contributed by atoms with Gasteiger partial charge in [-0.1, -0.05) is 88.1 Å². The van der Waals surface area contributed by atoms with E-state index in [9.17, 15) is 0 Å². The zero-order chi connectivity index (χ0) is 12.6. The monoisotopic (exact) mass is 232 g/mol. The van der Waals surface area contributed by atoms with E-state index in [1.807, 2.05) is 0 Å². The van der Waals surface area contributed by atoms with Gasteiger partial charge in [-0.2, -0.15) is 0 Å². The van der Waals surface area contributed by atoms with E-state index in [-0.39, 0.29) is 0 Å². The molecule has 0 nitrogen and oxygen atoms in total. The smallest absolute Gasteiger partial charge is 0.0348 e. The maximum atomic E-state index is 2.26. The third-order valence-corrected chi connectivity index (χ3v) is 2.51. The van der Waals surface area contributed by atoms with Gasteiger partial charge in [0, 0.05) is 0 Å². The average Bonchev–Trinajstić information content (AvgIpc) is 2.35. The molecule has 17 heavy (non-hydrogen) atoms. The van der Waals surface area contributed by atoms with Crippen LogP contribution in [0.1, 0.15) is 58.8 Å². The normalized spacial score (nSPS) is 12.8. The van der Waals surface area contributed by atoms with Gasteiger partial charge in [-0.05, 0) is 19.3 Å². The SMILES string of the molecule is CCC/C=C/C=C/C=C/C=C/CCCCCC. The molecule has 0 aromatic heterocycles. The number of rotatable bonds is 10. The highest BCUT2D eigenvalue weighted by molar-refractivity contribution is 5.15. The summed E-state index contributed by atoms with van der Waals surface area (Å²) in [5.74, 6) is 0. The minimum Gasteiger partial charge on any atom is -0.0845 e. The molecular formula is C17H28. The number of allylic oxidation sites excluding steroid dienone is 8. The van der Waals surface area contributed by atoms with Crippen molar-refractivity contribution in [2.24, 2.45) is 0 Å². The van der Waals surface area contributed by atoms with Gasteiger partial charge < -0.3 is 0 Å². The molecule has 0 radical (unpaired) electrons. The predicted octanol–water partition coefficient (Wildman–Crippen LogP) is 5.98. The van der Waals surface area contributed by atoms with Gasteiger partial charge in [0.2, 0.25) is 0 Å². The molecule has 0 spiro atoms. The van der Waals surface area contributed by atoms with Crippen LogP contribution in [0, 0.1) is 0 Å². The molecule has 0 saturated carbocycles. The van der Waals surface area contributed by atoms with Crippen molar-refractivity contribution in [3.63, 3.8) is 0 Å². The summed E-state index contributed by atoms with van der Waals surface area (Å²) in [5, 5.41) is 0. The van der Waals surface area contributed by atoms with Crippen LogP contribution in [0.3, 0.4) is 0 Å². The number of unbranched alkanes of at least 4 members (excludes halogenated alkanes) is 5. The van der Waals surface area contributed by atoms with Crippen LogP contribution in [-0.2, 0) is 0 Å². The molecular weight excluding hydrogens is 204 g/mol. The molecule has 0 N–H and O–H groups in total. The van der Waals surface area contributed by atoms with Crippen LogP contribution >= 0.6 is 0 Å². The third kappa shape index (κ3) is 15.0. The Balaban J connectivity index is 3.42. The van der Waals surface area contributed by atoms with Gasteiger partial charge in [-0.25, -0.2) is 0 Å². The summed E-state index contributed by atoms with van der Waals surface area (Å²) in [6.45, 7) is 4.44. The van der Waals surface area contributed by atoms with E-state index >= 15 is 0 Å². The summed E-state index contributed by atoms with van der Waals surface area (Å²) in [5.41, 5.74) is 0. The van der Waals surface area contributed by atoms with Crippen molar-refractivity contribution in [3.8, 4) is 0 Å². The van der Waals surface area contributed by atoms with E-state index in [1.165, 1.54) is 44.9 Å². The molecule has 0 heteroatoms. The molecule has 0 heterocycles. The fourth-order valence-electron chi connectivity index (χ4n) is 1.46. The molecule has 0 rings (SSSR count). The molecule has 96 valence electrons. The molecule has 0 aliphatic carbocycles. The van der Waals surface area contributed by atoms with Crippen molar-refractivity contribution in [1.82, 2.24) is 0 Å². The second kappa shape index (κ2) is 15.0. The Morgan fingerprint density at radius 1 is 0.529 bits per heavy atom. The Hall–Kier alpha value is -1.04. The minimum atomic E-state index is 1.17. The average molecular weight is 232 g/mol. The summed E-state index contributed by atoms with van der Waals surface area (Å²) < 4.78 is 0. The molecule has 0 aromatic rings. The quantitative estimate of drug-likeness (QED) is 0.321. The lowest BCUT2D eigenvalue weighted by Crippen LogP contribution is -1.72. The largest absolute Gasteiger partial charge is 0.0845 e. The molecule has 0 fully saturated rings. The highest BCUT2D eigenvalue weighted by atomic mass is 13.9. The van der Waals surface area contributed by atoms with Crippen LogP contribution in [0.15, 0.2) is 48.6 Å². The van der Waals surface area contributed by atoms with Crippen molar-refractivity contribution in [3.05, 3.63) is 48.6 Å². The Bertz CT molecular complexity index is 241. The minimum absolute atomic E-state index is 1.17. The van der Waals surface area contributed by atoms with E-state index in [0.29, 0.717) is 0 Å². The number of hydrogen-bond donors (Lipinski definition) is 0. The van der Waals surface area contributed by atoms with Gasteiger partial charge in [-0.15, -0.1) is 0 Å². The van der Waals surface area contributed by atoms with Gasteiger partial charge in [0.05, 0.1) is 0 Å². The van der Waals surface area contributed by atoms with Gasteiger partial charge in [0.15, 0.2) is 0 Å². The fourth-order valence-corrected chi connectivity index (χ4v) is 1.46. The van der Waals surface area contributed by atoms with Crippen LogP contribution in [0.4, 0.5) is 0 Å². The lowest BCUT2D eigenvalue weighted by molar-refractivity contribution is 0.674. The highest BCUT2D eigenvalue weighted by Crippen LogP contribution is 2.02. The van der Waals surface area contributed by atoms with Crippen LogP contribution in [0.2, 0.25) is 0 Å². The molecule has 0 bridgehead atoms. The molecule has 0 aliphatic rings. The second-order valence-electron chi connectivity index (χ2n) is 4.26. The lowest BCUT2D eigenvalue weighted by Gasteiger charge is -1.92. The van der Waals surface area contributed by atoms with E-state index in [1.54, 1.807) is 0 Å². The van der Waals surface area contributed by atoms with Crippen molar-refractivity contribution in [2.75, 3.05) is 0 Å². The van der Waals surface area contributed by atoms with Crippen molar-refractivity contribution >= 4 is 0 Å². The van der Waals surface area contributed by atoms with Gasteiger partial charge in [0.1, 0.15) is 0 Å². The molecule has 0 unspecified atom stereocenters. The summed E-state index contributed by atoms with van der Waals surface area (Å²) in [6, 6.07) is 0. The van der Waals surface area contributed by atoms with Crippen LogP contribution in [0.25, 0.3) is 0 Å². The first-order valence-electron chi connectivity index (χ1n) is 7.06. The predicted molar refractivity (Wildman–Crippen MR) is 80.2 cm³/mol. The van der Waals surface area contributed by atoms with E-state index in [0.717, 1.165) is 0 Å². The lowest BCUT2D eigenvalue weighted by atomic mass is 10.1. The maximum absolute atomic E-state index is 2.26. The van der Waals surface area contributed by atoms with Gasteiger partial charge in [-0.3, -0.25) is 0 Å². The van der Waals surface area contributed by atoms with Crippen LogP contribution in [0.5, 0.6) is 0 Å². The zero-order valence-corrected chi connectivity index (χ0v) is 11.6. The number of hydrogen-bond acceptors (Lipinski definition) is 0. The fraction of sp³-hybridized carbons (Fsp3) is 0.529. The van der Waals surface area contributed by atoms with Crippen molar-refractivity contribution < 1.29 is 0 Å². The Kier molecular flexibility index (Phi) is 14.0. The van der Waals surface area contributed by atoms with E-state index in [2.05, 4.69) is 62.5 Å². The molecule has 0 amide bonds. The van der Waals surface area contributed by atoms with Gasteiger partial charge in [0.25, 0.3) is 0 Å². The summed E-state index contributed by atoms with van der Waals surface area (Å²) in [6.07, 6.45) is 26.1. The molecule has 0 atom stereocenters. The second-order valence-corrected chi connectivity index (χ2v) is 4.26. The van der Waals surface area contributed by atoms with Gasteiger partial charge >= 0.3 is 0 Å². The van der Waals surface area contributed by atoms with Crippen LogP contribution in [-0.4, -0.2) is 0 Å². The Morgan fingerprint density at radius 2 is 1.12 bits per heavy atom. The Labute approximate surface area is 108 Å². The van der Waals surface area contributed by atoms with E-state index in [4.69, 9.17) is 0 Å². The van der Waals surface area contributed by atoms with E-state index < -0.39 is 0 Å². The maximum Gasteiger partial charge on any atom is -0.0348 e. The molecule has 0 aromatic carbocycles. The molecule has 0 saturated heterocycles. The third-order valence-electron chi connectivity index (χ3n) is 2.51. The summed E-state index contributed by atoms with van der Waals surface area (Å²) in [7, 11) is 0. The highest BCUT2D eigenvalue weighted by Gasteiger charge is 1.82. The van der Waals surface area contributed by atoms with Crippen LogP contribution < -0.4 is 0 Å². The topological polar surface area (TPSA) is 0 Å². The summed E-state index contributed by atoms with van der Waals surface area (Å²) >= 11 is 0. The Morgan fingerprint density at radius 3 is 1.71 bits per heavy atom.